The second kappa shape index (κ2) is 8.49. The number of anilines is 2. The van der Waals surface area contributed by atoms with Crippen LogP contribution in [-0.4, -0.2) is 18.1 Å². The molecule has 0 amide bonds. The summed E-state index contributed by atoms with van der Waals surface area (Å²) < 4.78 is 0. The van der Waals surface area contributed by atoms with E-state index in [-0.39, 0.29) is 0 Å². The van der Waals surface area contributed by atoms with Crippen molar-refractivity contribution in [1.29, 1.82) is 0 Å². The van der Waals surface area contributed by atoms with Crippen LogP contribution in [0.5, 0.6) is 0 Å². The summed E-state index contributed by atoms with van der Waals surface area (Å²) in [6.07, 6.45) is 3.33. The molecular weight excluding hydrogens is 281 g/mol. The number of nitrogens with zero attached hydrogens (tertiary/aromatic N) is 1. The highest BCUT2D eigenvalue weighted by atomic mass is 35.5. The van der Waals surface area contributed by atoms with Crippen molar-refractivity contribution in [2.75, 3.05) is 23.7 Å². The van der Waals surface area contributed by atoms with E-state index < -0.39 is 0 Å². The minimum absolute atomic E-state index is 0.561. The van der Waals surface area contributed by atoms with Gasteiger partial charge in [0.05, 0.1) is 10.0 Å². The third-order valence-electron chi connectivity index (χ3n) is 2.72. The molecule has 0 aliphatic heterocycles. The monoisotopic (exact) mass is 303 g/mol. The van der Waals surface area contributed by atoms with Gasteiger partial charge < -0.3 is 10.6 Å². The number of hydrogen-bond donors (Lipinski definition) is 2. The zero-order chi connectivity index (χ0) is 14.3. The third-order valence-corrected chi connectivity index (χ3v) is 3.30. The Bertz CT molecular complexity index is 395. The van der Waals surface area contributed by atoms with E-state index in [2.05, 4.69) is 36.4 Å². The fourth-order valence-electron chi connectivity index (χ4n) is 1.68. The average Bonchev–Trinajstić information content (AvgIpc) is 2.35. The number of rotatable bonds is 8. The molecule has 2 N–H and O–H groups in total. The fraction of sp³-hybridized carbons (Fsp3) is 0.643. The second-order valence-electron chi connectivity index (χ2n) is 5.04. The van der Waals surface area contributed by atoms with Crippen molar-refractivity contribution in [3.05, 3.63) is 16.1 Å². The maximum absolute atomic E-state index is 6.14. The van der Waals surface area contributed by atoms with Gasteiger partial charge in [0.1, 0.15) is 11.6 Å². The minimum atomic E-state index is 0.561. The molecule has 1 aromatic heterocycles. The highest BCUT2D eigenvalue weighted by Crippen LogP contribution is 2.29. The SMILES string of the molecule is CCCNc1nc(NCCCC(C)C)c(Cl)cc1Cl. The highest BCUT2D eigenvalue weighted by molar-refractivity contribution is 6.37. The zero-order valence-corrected chi connectivity index (χ0v) is 13.4. The van der Waals surface area contributed by atoms with Gasteiger partial charge in [-0.25, -0.2) is 4.98 Å². The lowest BCUT2D eigenvalue weighted by atomic mass is 10.1. The normalized spacial score (nSPS) is 10.8. The van der Waals surface area contributed by atoms with Crippen LogP contribution in [0.2, 0.25) is 10.0 Å². The molecule has 0 fully saturated rings. The van der Waals surface area contributed by atoms with Crippen molar-refractivity contribution >= 4 is 34.8 Å². The predicted octanol–water partition coefficient (Wildman–Crippen LogP) is 5.06. The van der Waals surface area contributed by atoms with E-state index in [0.29, 0.717) is 21.7 Å². The molecule has 5 heteroatoms. The minimum Gasteiger partial charge on any atom is -0.369 e. The lowest BCUT2D eigenvalue weighted by Gasteiger charge is -2.12. The number of aromatic nitrogens is 1. The summed E-state index contributed by atoms with van der Waals surface area (Å²) in [5.41, 5.74) is 0. The highest BCUT2D eigenvalue weighted by Gasteiger charge is 2.08. The van der Waals surface area contributed by atoms with Crippen molar-refractivity contribution < 1.29 is 0 Å². The lowest BCUT2D eigenvalue weighted by molar-refractivity contribution is 0.567. The van der Waals surface area contributed by atoms with Crippen LogP contribution >= 0.6 is 23.2 Å². The Balaban J connectivity index is 2.61. The van der Waals surface area contributed by atoms with Gasteiger partial charge in [0.25, 0.3) is 0 Å². The molecule has 0 saturated carbocycles. The summed E-state index contributed by atoms with van der Waals surface area (Å²) in [4.78, 5) is 4.44. The molecule has 0 radical (unpaired) electrons. The van der Waals surface area contributed by atoms with E-state index in [0.717, 1.165) is 31.8 Å². The topological polar surface area (TPSA) is 37.0 Å². The molecule has 1 rings (SSSR count). The van der Waals surface area contributed by atoms with Gasteiger partial charge in [0.15, 0.2) is 0 Å². The van der Waals surface area contributed by atoms with Crippen LogP contribution in [0.1, 0.15) is 40.0 Å². The van der Waals surface area contributed by atoms with Gasteiger partial charge in [-0.05, 0) is 31.2 Å². The molecule has 0 bridgehead atoms. The first kappa shape index (κ1) is 16.4. The fourth-order valence-corrected chi connectivity index (χ4v) is 2.17. The van der Waals surface area contributed by atoms with Gasteiger partial charge in [-0.2, -0.15) is 0 Å². The van der Waals surface area contributed by atoms with E-state index >= 15 is 0 Å². The van der Waals surface area contributed by atoms with Crippen molar-refractivity contribution in [2.45, 2.75) is 40.0 Å². The molecule has 0 saturated heterocycles. The predicted molar refractivity (Wildman–Crippen MR) is 85.6 cm³/mol. The summed E-state index contributed by atoms with van der Waals surface area (Å²) in [6.45, 7) is 8.27. The number of halogens is 2. The Labute approximate surface area is 126 Å². The summed E-state index contributed by atoms with van der Waals surface area (Å²) in [5.74, 6) is 2.12. The van der Waals surface area contributed by atoms with Crippen LogP contribution in [0.4, 0.5) is 11.6 Å². The van der Waals surface area contributed by atoms with Crippen LogP contribution in [0.15, 0.2) is 6.07 Å². The summed E-state index contributed by atoms with van der Waals surface area (Å²) >= 11 is 12.2. The summed E-state index contributed by atoms with van der Waals surface area (Å²) in [5, 5.41) is 7.60. The molecule has 19 heavy (non-hydrogen) atoms. The molecule has 0 aromatic carbocycles. The lowest BCUT2D eigenvalue weighted by Crippen LogP contribution is -2.08. The maximum atomic E-state index is 6.14. The van der Waals surface area contributed by atoms with Crippen molar-refractivity contribution in [2.24, 2.45) is 5.92 Å². The number of nitrogens with one attached hydrogen (secondary N) is 2. The molecule has 1 aromatic rings. The molecular formula is C14H23Cl2N3. The molecule has 0 aliphatic carbocycles. The summed E-state index contributed by atoms with van der Waals surface area (Å²) in [6, 6.07) is 1.74. The molecule has 0 unspecified atom stereocenters. The van der Waals surface area contributed by atoms with Crippen LogP contribution in [0.25, 0.3) is 0 Å². The third kappa shape index (κ3) is 5.87. The van der Waals surface area contributed by atoms with E-state index in [1.807, 2.05) is 0 Å². The van der Waals surface area contributed by atoms with Gasteiger partial charge in [-0.1, -0.05) is 44.0 Å². The van der Waals surface area contributed by atoms with E-state index in [1.165, 1.54) is 6.42 Å². The number of pyridine rings is 1. The summed E-state index contributed by atoms with van der Waals surface area (Å²) in [7, 11) is 0. The van der Waals surface area contributed by atoms with Crippen molar-refractivity contribution in [3.8, 4) is 0 Å². The van der Waals surface area contributed by atoms with Gasteiger partial charge in [0.2, 0.25) is 0 Å². The van der Waals surface area contributed by atoms with E-state index in [9.17, 15) is 0 Å². The molecule has 1 heterocycles. The first-order valence-corrected chi connectivity index (χ1v) is 7.64. The van der Waals surface area contributed by atoms with Crippen molar-refractivity contribution in [3.63, 3.8) is 0 Å². The number of hydrogen-bond acceptors (Lipinski definition) is 3. The van der Waals surface area contributed by atoms with Gasteiger partial charge >= 0.3 is 0 Å². The Morgan fingerprint density at radius 2 is 1.68 bits per heavy atom. The van der Waals surface area contributed by atoms with Crippen molar-refractivity contribution in [1.82, 2.24) is 4.98 Å². The Hall–Kier alpha value is -0.670. The molecule has 0 aliphatic rings. The largest absolute Gasteiger partial charge is 0.369 e. The second-order valence-corrected chi connectivity index (χ2v) is 5.85. The van der Waals surface area contributed by atoms with Gasteiger partial charge in [0, 0.05) is 13.1 Å². The van der Waals surface area contributed by atoms with Crippen LogP contribution in [0.3, 0.4) is 0 Å². The molecule has 0 atom stereocenters. The maximum Gasteiger partial charge on any atom is 0.147 e. The van der Waals surface area contributed by atoms with Crippen LogP contribution in [0, 0.1) is 5.92 Å². The first-order chi connectivity index (χ1) is 9.04. The van der Waals surface area contributed by atoms with Gasteiger partial charge in [-0.3, -0.25) is 0 Å². The Morgan fingerprint density at radius 3 is 2.21 bits per heavy atom. The molecule has 108 valence electrons. The standard InChI is InChI=1S/C14H23Cl2N3/c1-4-7-17-13-11(15)9-12(16)14(19-13)18-8-5-6-10(2)3/h9-10H,4-8H2,1-3H3,(H2,17,18,19). The van der Waals surface area contributed by atoms with Crippen LogP contribution < -0.4 is 10.6 Å². The zero-order valence-electron chi connectivity index (χ0n) is 11.9. The van der Waals surface area contributed by atoms with E-state index in [1.54, 1.807) is 6.07 Å². The smallest absolute Gasteiger partial charge is 0.147 e. The quantitative estimate of drug-likeness (QED) is 0.659. The first-order valence-electron chi connectivity index (χ1n) is 6.88. The molecule has 3 nitrogen and oxygen atoms in total. The van der Waals surface area contributed by atoms with E-state index in [4.69, 9.17) is 23.2 Å². The molecule has 0 spiro atoms. The average molecular weight is 304 g/mol. The Morgan fingerprint density at radius 1 is 1.11 bits per heavy atom. The van der Waals surface area contributed by atoms with Crippen LogP contribution in [-0.2, 0) is 0 Å². The Kier molecular flexibility index (Phi) is 7.32. The van der Waals surface area contributed by atoms with Gasteiger partial charge in [-0.15, -0.1) is 0 Å².